The van der Waals surface area contributed by atoms with Gasteiger partial charge < -0.3 is 5.32 Å². The van der Waals surface area contributed by atoms with Gasteiger partial charge in [-0.25, -0.2) is 0 Å². The standard InChI is InChI=1S/C9H15NS/c1-3-10-8(2)7-9-5-4-6-11-9/h4-6,8,10H,3,7H2,1-2H3. The lowest BCUT2D eigenvalue weighted by molar-refractivity contribution is 0.569. The topological polar surface area (TPSA) is 12.0 Å². The van der Waals surface area contributed by atoms with E-state index in [4.69, 9.17) is 0 Å². The second-order valence-corrected chi connectivity index (χ2v) is 3.77. The zero-order valence-electron chi connectivity index (χ0n) is 7.13. The second-order valence-electron chi connectivity index (χ2n) is 2.74. The molecule has 1 N–H and O–H groups in total. The Labute approximate surface area is 72.4 Å². The highest BCUT2D eigenvalue weighted by Gasteiger charge is 2.00. The Balaban J connectivity index is 2.31. The average Bonchev–Trinajstić information content (AvgIpc) is 2.40. The van der Waals surface area contributed by atoms with Crippen LogP contribution in [0.5, 0.6) is 0 Å². The Morgan fingerprint density at radius 3 is 3.00 bits per heavy atom. The lowest BCUT2D eigenvalue weighted by atomic mass is 10.2. The molecule has 62 valence electrons. The van der Waals surface area contributed by atoms with Crippen molar-refractivity contribution >= 4 is 11.3 Å². The summed E-state index contributed by atoms with van der Waals surface area (Å²) in [4.78, 5) is 1.47. The largest absolute Gasteiger partial charge is 0.314 e. The normalized spacial score (nSPS) is 13.3. The van der Waals surface area contributed by atoms with Crippen LogP contribution in [0.25, 0.3) is 0 Å². The molecule has 1 aromatic rings. The summed E-state index contributed by atoms with van der Waals surface area (Å²) in [7, 11) is 0. The first-order chi connectivity index (χ1) is 5.33. The molecule has 1 atom stereocenters. The summed E-state index contributed by atoms with van der Waals surface area (Å²) in [6.45, 7) is 5.43. The third kappa shape index (κ3) is 3.04. The van der Waals surface area contributed by atoms with Crippen LogP contribution in [0.1, 0.15) is 18.7 Å². The van der Waals surface area contributed by atoms with Crippen molar-refractivity contribution in [2.45, 2.75) is 26.3 Å². The number of hydrogen-bond donors (Lipinski definition) is 1. The number of hydrogen-bond acceptors (Lipinski definition) is 2. The van der Waals surface area contributed by atoms with E-state index in [9.17, 15) is 0 Å². The fraction of sp³-hybridized carbons (Fsp3) is 0.556. The molecule has 0 aliphatic heterocycles. The number of rotatable bonds is 4. The first kappa shape index (κ1) is 8.75. The van der Waals surface area contributed by atoms with Crippen LogP contribution in [0.15, 0.2) is 17.5 Å². The summed E-state index contributed by atoms with van der Waals surface area (Å²) in [6, 6.07) is 4.91. The molecule has 0 aromatic carbocycles. The molecule has 0 saturated heterocycles. The van der Waals surface area contributed by atoms with E-state index >= 15 is 0 Å². The third-order valence-electron chi connectivity index (χ3n) is 1.64. The van der Waals surface area contributed by atoms with Gasteiger partial charge in [-0.1, -0.05) is 13.0 Å². The molecule has 0 radical (unpaired) electrons. The molecule has 0 amide bonds. The number of thiophene rings is 1. The van der Waals surface area contributed by atoms with Gasteiger partial charge in [0.1, 0.15) is 0 Å². The number of likely N-dealkylation sites (N-methyl/N-ethyl adjacent to an activating group) is 1. The van der Waals surface area contributed by atoms with Crippen LogP contribution in [0.2, 0.25) is 0 Å². The molecule has 1 heterocycles. The van der Waals surface area contributed by atoms with Gasteiger partial charge in [-0.05, 0) is 31.3 Å². The summed E-state index contributed by atoms with van der Waals surface area (Å²) >= 11 is 1.84. The number of nitrogens with one attached hydrogen (secondary N) is 1. The molecule has 1 unspecified atom stereocenters. The highest BCUT2D eigenvalue weighted by atomic mass is 32.1. The molecule has 0 bridgehead atoms. The van der Waals surface area contributed by atoms with Gasteiger partial charge in [0, 0.05) is 10.9 Å². The van der Waals surface area contributed by atoms with Gasteiger partial charge in [-0.3, -0.25) is 0 Å². The van der Waals surface area contributed by atoms with E-state index in [2.05, 4.69) is 36.7 Å². The first-order valence-electron chi connectivity index (χ1n) is 4.08. The summed E-state index contributed by atoms with van der Waals surface area (Å²) in [5.41, 5.74) is 0. The van der Waals surface area contributed by atoms with E-state index in [0.717, 1.165) is 13.0 Å². The van der Waals surface area contributed by atoms with Crippen LogP contribution in [0.4, 0.5) is 0 Å². The molecule has 1 nitrogen and oxygen atoms in total. The van der Waals surface area contributed by atoms with Crippen molar-refractivity contribution in [1.29, 1.82) is 0 Å². The third-order valence-corrected chi connectivity index (χ3v) is 2.54. The Bertz CT molecular complexity index is 181. The van der Waals surface area contributed by atoms with E-state index in [1.54, 1.807) is 0 Å². The van der Waals surface area contributed by atoms with Crippen LogP contribution in [0.3, 0.4) is 0 Å². The summed E-state index contributed by atoms with van der Waals surface area (Å²) in [5, 5.41) is 5.52. The second kappa shape index (κ2) is 4.52. The Kier molecular flexibility index (Phi) is 3.60. The van der Waals surface area contributed by atoms with Crippen molar-refractivity contribution in [2.75, 3.05) is 6.54 Å². The molecular formula is C9H15NS. The zero-order chi connectivity index (χ0) is 8.10. The zero-order valence-corrected chi connectivity index (χ0v) is 7.95. The molecule has 0 saturated carbocycles. The van der Waals surface area contributed by atoms with Crippen LogP contribution < -0.4 is 5.32 Å². The van der Waals surface area contributed by atoms with Gasteiger partial charge in [-0.2, -0.15) is 0 Å². The van der Waals surface area contributed by atoms with E-state index < -0.39 is 0 Å². The predicted molar refractivity (Wildman–Crippen MR) is 51.2 cm³/mol. The van der Waals surface area contributed by atoms with Gasteiger partial charge in [0.05, 0.1) is 0 Å². The molecule has 0 aliphatic rings. The molecule has 0 spiro atoms. The monoisotopic (exact) mass is 169 g/mol. The minimum absolute atomic E-state index is 0.610. The van der Waals surface area contributed by atoms with Crippen molar-refractivity contribution in [3.8, 4) is 0 Å². The van der Waals surface area contributed by atoms with Crippen molar-refractivity contribution in [1.82, 2.24) is 5.32 Å². The molecular weight excluding hydrogens is 154 g/mol. The Hall–Kier alpha value is -0.340. The van der Waals surface area contributed by atoms with Crippen LogP contribution >= 0.6 is 11.3 Å². The molecule has 0 aliphatic carbocycles. The van der Waals surface area contributed by atoms with Gasteiger partial charge in [0.25, 0.3) is 0 Å². The predicted octanol–water partition coefficient (Wildman–Crippen LogP) is 2.29. The first-order valence-corrected chi connectivity index (χ1v) is 4.96. The lowest BCUT2D eigenvalue weighted by Gasteiger charge is -2.09. The molecule has 0 fully saturated rings. The van der Waals surface area contributed by atoms with Gasteiger partial charge in [0.15, 0.2) is 0 Å². The van der Waals surface area contributed by atoms with E-state index in [1.807, 2.05) is 11.3 Å². The minimum atomic E-state index is 0.610. The van der Waals surface area contributed by atoms with Crippen molar-refractivity contribution in [3.05, 3.63) is 22.4 Å². The SMILES string of the molecule is CCNC(C)Cc1cccs1. The van der Waals surface area contributed by atoms with E-state index in [-0.39, 0.29) is 0 Å². The highest BCUT2D eigenvalue weighted by Crippen LogP contribution is 2.10. The van der Waals surface area contributed by atoms with Gasteiger partial charge in [-0.15, -0.1) is 11.3 Å². The average molecular weight is 169 g/mol. The fourth-order valence-electron chi connectivity index (χ4n) is 1.15. The summed E-state index contributed by atoms with van der Waals surface area (Å²) in [5.74, 6) is 0. The quantitative estimate of drug-likeness (QED) is 0.729. The van der Waals surface area contributed by atoms with Crippen molar-refractivity contribution < 1.29 is 0 Å². The van der Waals surface area contributed by atoms with Crippen LogP contribution in [-0.4, -0.2) is 12.6 Å². The van der Waals surface area contributed by atoms with Crippen molar-refractivity contribution in [2.24, 2.45) is 0 Å². The maximum Gasteiger partial charge on any atom is 0.00869 e. The fourth-order valence-corrected chi connectivity index (χ4v) is 1.99. The summed E-state index contributed by atoms with van der Waals surface area (Å²) in [6.07, 6.45) is 1.16. The van der Waals surface area contributed by atoms with Gasteiger partial charge in [0.2, 0.25) is 0 Å². The van der Waals surface area contributed by atoms with Crippen molar-refractivity contribution in [3.63, 3.8) is 0 Å². The maximum atomic E-state index is 3.39. The molecule has 1 rings (SSSR count). The minimum Gasteiger partial charge on any atom is -0.314 e. The Morgan fingerprint density at radius 2 is 2.45 bits per heavy atom. The molecule has 11 heavy (non-hydrogen) atoms. The van der Waals surface area contributed by atoms with Crippen LogP contribution in [-0.2, 0) is 6.42 Å². The lowest BCUT2D eigenvalue weighted by Crippen LogP contribution is -2.27. The van der Waals surface area contributed by atoms with E-state index in [1.165, 1.54) is 4.88 Å². The smallest absolute Gasteiger partial charge is 0.00869 e. The van der Waals surface area contributed by atoms with Crippen LogP contribution in [0, 0.1) is 0 Å². The molecule has 2 heteroatoms. The Morgan fingerprint density at radius 1 is 1.64 bits per heavy atom. The van der Waals surface area contributed by atoms with Gasteiger partial charge >= 0.3 is 0 Å². The maximum absolute atomic E-state index is 3.39. The molecule has 1 aromatic heterocycles. The highest BCUT2D eigenvalue weighted by molar-refractivity contribution is 7.09. The van der Waals surface area contributed by atoms with E-state index in [0.29, 0.717) is 6.04 Å². The summed E-state index contributed by atoms with van der Waals surface area (Å²) < 4.78 is 0.